The number of nitrogens with zero attached hydrogens (tertiary/aromatic N) is 2. The summed E-state index contributed by atoms with van der Waals surface area (Å²) in [6.07, 6.45) is 5.02. The zero-order chi connectivity index (χ0) is 24.5. The van der Waals surface area contributed by atoms with Crippen LogP contribution >= 0.6 is 11.8 Å². The molecule has 0 radical (unpaired) electrons. The number of aromatic amines is 1. The van der Waals surface area contributed by atoms with Crippen molar-refractivity contribution in [3.05, 3.63) is 18.2 Å². The van der Waals surface area contributed by atoms with Crippen LogP contribution in [0.3, 0.4) is 0 Å². The number of H-pyrrole nitrogens is 1. The van der Waals surface area contributed by atoms with Crippen LogP contribution in [-0.4, -0.2) is 97.6 Å². The molecular formula is C20H32N6O6S. The summed E-state index contributed by atoms with van der Waals surface area (Å²) in [6.45, 7) is 1.53. The van der Waals surface area contributed by atoms with Gasteiger partial charge in [0.1, 0.15) is 12.1 Å². The van der Waals surface area contributed by atoms with E-state index in [1.54, 1.807) is 11.8 Å². The van der Waals surface area contributed by atoms with Crippen molar-refractivity contribution >= 4 is 35.5 Å². The van der Waals surface area contributed by atoms with Gasteiger partial charge in [-0.2, -0.15) is 11.8 Å². The molecular weight excluding hydrogens is 452 g/mol. The Labute approximate surface area is 196 Å². The molecule has 0 saturated carbocycles. The highest BCUT2D eigenvalue weighted by atomic mass is 32.2. The lowest BCUT2D eigenvalue weighted by molar-refractivity contribution is -0.147. The summed E-state index contributed by atoms with van der Waals surface area (Å²) in [5.41, 5.74) is 6.57. The highest BCUT2D eigenvalue weighted by Crippen LogP contribution is 2.20. The molecule has 12 nitrogen and oxygen atoms in total. The number of amides is 3. The van der Waals surface area contributed by atoms with E-state index in [1.807, 2.05) is 6.26 Å². The molecule has 2 rings (SSSR count). The summed E-state index contributed by atoms with van der Waals surface area (Å²) < 4.78 is 0. The summed E-state index contributed by atoms with van der Waals surface area (Å²) in [5.74, 6) is -2.30. The van der Waals surface area contributed by atoms with Crippen molar-refractivity contribution in [1.82, 2.24) is 25.5 Å². The molecule has 2 heterocycles. The molecule has 1 aromatic heterocycles. The van der Waals surface area contributed by atoms with E-state index in [0.717, 1.165) is 0 Å². The number of hydrogen-bond donors (Lipinski definition) is 6. The fraction of sp³-hybridized carbons (Fsp3) is 0.650. The minimum atomic E-state index is -1.50. The van der Waals surface area contributed by atoms with Crippen LogP contribution in [0.2, 0.25) is 0 Å². The summed E-state index contributed by atoms with van der Waals surface area (Å²) in [5, 5.41) is 23.9. The monoisotopic (exact) mass is 484 g/mol. The number of thioether (sulfide) groups is 1. The molecule has 3 amide bonds. The predicted molar refractivity (Wildman–Crippen MR) is 121 cm³/mol. The summed E-state index contributed by atoms with van der Waals surface area (Å²) in [7, 11) is 0. The third-order valence-electron chi connectivity index (χ3n) is 5.45. The van der Waals surface area contributed by atoms with Gasteiger partial charge in [-0.3, -0.25) is 14.4 Å². The summed E-state index contributed by atoms with van der Waals surface area (Å²) in [6, 6.07) is -4.18. The number of likely N-dealkylation sites (tertiary alicyclic amines) is 1. The maximum absolute atomic E-state index is 13.4. The van der Waals surface area contributed by atoms with E-state index in [4.69, 9.17) is 5.73 Å². The van der Waals surface area contributed by atoms with Crippen LogP contribution in [0.4, 0.5) is 0 Å². The van der Waals surface area contributed by atoms with Crippen molar-refractivity contribution < 1.29 is 29.4 Å². The van der Waals surface area contributed by atoms with Crippen LogP contribution in [0, 0.1) is 0 Å². The standard InChI is InChI=1S/C20H32N6O6S/c1-11(27)16(20(31)32)25-18(29)15-4-3-6-26(15)19(30)14(8-12-9-22-10-23-12)24-17(28)13(21)5-7-33-2/h9-11,13-16,27H,3-8,21H2,1-2H3,(H,22,23)(H,24,28)(H,25,29)(H,31,32). The van der Waals surface area contributed by atoms with Crippen LogP contribution in [0.25, 0.3) is 0 Å². The number of aliphatic hydroxyl groups is 1. The zero-order valence-electron chi connectivity index (χ0n) is 18.7. The van der Waals surface area contributed by atoms with Crippen molar-refractivity contribution in [2.24, 2.45) is 5.73 Å². The molecule has 184 valence electrons. The Morgan fingerprint density at radius 2 is 2.09 bits per heavy atom. The molecule has 5 unspecified atom stereocenters. The van der Waals surface area contributed by atoms with Gasteiger partial charge in [0.2, 0.25) is 17.7 Å². The number of carboxylic acid groups (broad SMARTS) is 1. The quantitative estimate of drug-likeness (QED) is 0.204. The number of carbonyl (C=O) groups excluding carboxylic acids is 3. The maximum atomic E-state index is 13.4. The number of carbonyl (C=O) groups is 4. The number of rotatable bonds is 12. The predicted octanol–water partition coefficient (Wildman–Crippen LogP) is -1.54. The first kappa shape index (κ1) is 26.6. The van der Waals surface area contributed by atoms with Crippen LogP contribution in [0.5, 0.6) is 0 Å². The lowest BCUT2D eigenvalue weighted by atomic mass is 10.1. The summed E-state index contributed by atoms with van der Waals surface area (Å²) in [4.78, 5) is 58.3. The molecule has 7 N–H and O–H groups in total. The van der Waals surface area contributed by atoms with Gasteiger partial charge in [-0.05, 0) is 38.2 Å². The molecule has 0 bridgehead atoms. The number of aromatic nitrogens is 2. The molecule has 1 saturated heterocycles. The Morgan fingerprint density at radius 3 is 2.67 bits per heavy atom. The average Bonchev–Trinajstić information content (AvgIpc) is 3.46. The minimum Gasteiger partial charge on any atom is -0.480 e. The SMILES string of the molecule is CSCCC(N)C(=O)NC(Cc1cnc[nH]1)C(=O)N1CCCC1C(=O)NC(C(=O)O)C(C)O. The van der Waals surface area contributed by atoms with E-state index in [-0.39, 0.29) is 13.0 Å². The van der Waals surface area contributed by atoms with Crippen molar-refractivity contribution in [3.8, 4) is 0 Å². The van der Waals surface area contributed by atoms with Crippen LogP contribution in [0.1, 0.15) is 31.9 Å². The first-order valence-corrected chi connectivity index (χ1v) is 12.1. The van der Waals surface area contributed by atoms with Crippen molar-refractivity contribution in [2.45, 2.75) is 62.9 Å². The number of carboxylic acids is 1. The number of aliphatic hydroxyl groups excluding tert-OH is 1. The van der Waals surface area contributed by atoms with Gasteiger partial charge in [-0.15, -0.1) is 0 Å². The van der Waals surface area contributed by atoms with Gasteiger partial charge in [0.15, 0.2) is 6.04 Å². The van der Waals surface area contributed by atoms with E-state index in [1.165, 1.54) is 24.3 Å². The van der Waals surface area contributed by atoms with Gasteiger partial charge < -0.3 is 36.5 Å². The minimum absolute atomic E-state index is 0.121. The normalized spacial score (nSPS) is 19.4. The largest absolute Gasteiger partial charge is 0.480 e. The van der Waals surface area contributed by atoms with Crippen molar-refractivity contribution in [1.29, 1.82) is 0 Å². The van der Waals surface area contributed by atoms with Crippen molar-refractivity contribution in [3.63, 3.8) is 0 Å². The van der Waals surface area contributed by atoms with E-state index in [9.17, 15) is 29.4 Å². The lowest BCUT2D eigenvalue weighted by Gasteiger charge is -2.30. The second-order valence-corrected chi connectivity index (χ2v) is 8.97. The zero-order valence-corrected chi connectivity index (χ0v) is 19.5. The van der Waals surface area contributed by atoms with Gasteiger partial charge in [-0.1, -0.05) is 0 Å². The molecule has 1 aliphatic rings. The highest BCUT2D eigenvalue weighted by Gasteiger charge is 2.39. The second-order valence-electron chi connectivity index (χ2n) is 7.98. The molecule has 33 heavy (non-hydrogen) atoms. The third-order valence-corrected chi connectivity index (χ3v) is 6.09. The maximum Gasteiger partial charge on any atom is 0.328 e. The van der Waals surface area contributed by atoms with E-state index in [2.05, 4.69) is 20.6 Å². The first-order valence-electron chi connectivity index (χ1n) is 10.7. The smallest absolute Gasteiger partial charge is 0.328 e. The van der Waals surface area contributed by atoms with Crippen LogP contribution < -0.4 is 16.4 Å². The molecule has 0 spiro atoms. The van der Waals surface area contributed by atoms with Gasteiger partial charge in [0.05, 0.1) is 18.5 Å². The molecule has 1 aliphatic heterocycles. The number of nitrogens with one attached hydrogen (secondary N) is 3. The Bertz CT molecular complexity index is 820. The van der Waals surface area contributed by atoms with Gasteiger partial charge in [0, 0.05) is 24.9 Å². The van der Waals surface area contributed by atoms with Crippen molar-refractivity contribution in [2.75, 3.05) is 18.6 Å². The number of aliphatic carboxylic acids is 1. The van der Waals surface area contributed by atoms with Gasteiger partial charge >= 0.3 is 5.97 Å². The molecule has 0 aliphatic carbocycles. The number of hydrogen-bond acceptors (Lipinski definition) is 8. The number of imidazole rings is 1. The summed E-state index contributed by atoms with van der Waals surface area (Å²) >= 11 is 1.56. The Balaban J connectivity index is 2.16. The molecule has 5 atom stereocenters. The number of nitrogens with two attached hydrogens (primary N) is 1. The fourth-order valence-electron chi connectivity index (χ4n) is 3.61. The topological polar surface area (TPSA) is 191 Å². The Morgan fingerprint density at radius 1 is 1.36 bits per heavy atom. The molecule has 13 heteroatoms. The molecule has 0 aromatic carbocycles. The van der Waals surface area contributed by atoms with Crippen LogP contribution in [-0.2, 0) is 25.6 Å². The highest BCUT2D eigenvalue weighted by molar-refractivity contribution is 7.98. The Kier molecular flexibility index (Phi) is 10.1. The average molecular weight is 485 g/mol. The first-order chi connectivity index (χ1) is 15.6. The fourth-order valence-corrected chi connectivity index (χ4v) is 4.10. The van der Waals surface area contributed by atoms with E-state index < -0.39 is 54.0 Å². The Hall–Kier alpha value is -2.64. The molecule has 1 aromatic rings. The lowest BCUT2D eigenvalue weighted by Crippen LogP contribution is -2.58. The third kappa shape index (κ3) is 7.44. The van der Waals surface area contributed by atoms with E-state index in [0.29, 0.717) is 30.7 Å². The van der Waals surface area contributed by atoms with E-state index >= 15 is 0 Å². The van der Waals surface area contributed by atoms with Crippen LogP contribution in [0.15, 0.2) is 12.5 Å². The molecule has 1 fully saturated rings. The van der Waals surface area contributed by atoms with Gasteiger partial charge in [0.25, 0.3) is 0 Å². The van der Waals surface area contributed by atoms with Gasteiger partial charge in [-0.25, -0.2) is 9.78 Å². The second kappa shape index (κ2) is 12.6.